The molecule has 164 valence electrons. The Balaban J connectivity index is 0.000000311. The molecule has 2 rings (SSSR count). The van der Waals surface area contributed by atoms with Gasteiger partial charge in [-0.1, -0.05) is 50.6 Å². The first-order valence-electron chi connectivity index (χ1n) is 11.0. The third-order valence-electron chi connectivity index (χ3n) is 4.59. The Hall–Kier alpha value is -1.09. The molecule has 0 aliphatic heterocycles. The average Bonchev–Trinajstić information content (AvgIpc) is 3.07. The molecule has 1 aromatic carbocycles. The Bertz CT molecular complexity index is 780. The van der Waals surface area contributed by atoms with Gasteiger partial charge >= 0.3 is 92.4 Å². The van der Waals surface area contributed by atoms with Crippen LogP contribution in [0.5, 0.6) is 5.75 Å². The van der Waals surface area contributed by atoms with Crippen LogP contribution in [-0.4, -0.2) is 6.66 Å². The molecular formula is C27H42OSiTi. The molecule has 0 saturated carbocycles. The summed E-state index contributed by atoms with van der Waals surface area (Å²) in [5.41, 5.74) is 4.50. The van der Waals surface area contributed by atoms with Gasteiger partial charge in [0, 0.05) is 0 Å². The van der Waals surface area contributed by atoms with E-state index in [0.717, 1.165) is 5.75 Å². The third kappa shape index (κ3) is 10.8. The summed E-state index contributed by atoms with van der Waals surface area (Å²) in [7, 11) is 0. The van der Waals surface area contributed by atoms with Crippen molar-refractivity contribution in [1.82, 2.24) is 0 Å². The van der Waals surface area contributed by atoms with Gasteiger partial charge in [0.15, 0.2) is 0 Å². The average molecular weight is 459 g/mol. The molecule has 0 saturated heterocycles. The molecule has 0 radical (unpaired) electrons. The first kappa shape index (κ1) is 26.9. The third-order valence-corrected chi connectivity index (χ3v) is 10.5. The van der Waals surface area contributed by atoms with E-state index in [4.69, 9.17) is 4.74 Å². The van der Waals surface area contributed by atoms with E-state index < -0.39 is 0 Å². The van der Waals surface area contributed by atoms with Crippen molar-refractivity contribution >= 4 is 6.66 Å². The minimum atomic E-state index is -0.282. The molecule has 0 aromatic heterocycles. The molecule has 0 amide bonds. The van der Waals surface area contributed by atoms with Crippen LogP contribution in [0.3, 0.4) is 0 Å². The second-order valence-electron chi connectivity index (χ2n) is 10.6. The van der Waals surface area contributed by atoms with E-state index in [9.17, 15) is 0 Å². The fourth-order valence-electron chi connectivity index (χ4n) is 2.89. The Morgan fingerprint density at radius 3 is 2.03 bits per heavy atom. The van der Waals surface area contributed by atoms with Gasteiger partial charge < -0.3 is 4.74 Å². The van der Waals surface area contributed by atoms with Gasteiger partial charge in [0.05, 0.1) is 6.26 Å². The molecule has 0 N–H and O–H groups in total. The summed E-state index contributed by atoms with van der Waals surface area (Å²) in [4.78, 5) is 0. The maximum atomic E-state index is 5.69. The second kappa shape index (κ2) is 12.1. The van der Waals surface area contributed by atoms with Gasteiger partial charge in [-0.25, -0.2) is 0 Å². The van der Waals surface area contributed by atoms with E-state index in [-0.39, 0.29) is 12.1 Å². The van der Waals surface area contributed by atoms with Crippen molar-refractivity contribution < 1.29 is 23.1 Å². The molecule has 0 unspecified atom stereocenters. The van der Waals surface area contributed by atoms with Crippen LogP contribution in [0.4, 0.5) is 0 Å². The molecule has 0 bridgehead atoms. The van der Waals surface area contributed by atoms with E-state index in [1.165, 1.54) is 17.6 Å². The summed E-state index contributed by atoms with van der Waals surface area (Å²) < 4.78 is 7.49. The summed E-state index contributed by atoms with van der Waals surface area (Å²) in [5.74, 6) is 0.872. The quantitative estimate of drug-likeness (QED) is 0.245. The molecule has 0 heterocycles. The van der Waals surface area contributed by atoms with Crippen LogP contribution >= 0.6 is 0 Å². The van der Waals surface area contributed by atoms with Gasteiger partial charge in [-0.15, -0.1) is 0 Å². The van der Waals surface area contributed by atoms with Gasteiger partial charge in [0.25, 0.3) is 0 Å². The van der Waals surface area contributed by atoms with Crippen molar-refractivity contribution in [3.05, 3.63) is 75.4 Å². The molecule has 3 heteroatoms. The zero-order chi connectivity index (χ0) is 22.9. The summed E-state index contributed by atoms with van der Waals surface area (Å²) in [6.07, 6.45) is 10.2. The van der Waals surface area contributed by atoms with Crippen LogP contribution in [0.15, 0.2) is 75.4 Å². The fraction of sp³-hybridized carbons (Fsp3) is 0.481. The molecule has 0 fully saturated rings. The number of benzene rings is 1. The SMILES string of the molecule is CC(C)=CC(=COc1ccccc1)C(C)(C)C.C[SiH](C)[Ti][C]1=CC(C(C)(C)C)=CC1. The summed E-state index contributed by atoms with van der Waals surface area (Å²) in [6.45, 7) is 22.4. The first-order chi connectivity index (χ1) is 13.8. The number of hydrogen-bond acceptors (Lipinski definition) is 1. The molecule has 0 spiro atoms. The van der Waals surface area contributed by atoms with Crippen LogP contribution in [0.25, 0.3) is 0 Å². The second-order valence-corrected chi connectivity index (χ2v) is 20.9. The van der Waals surface area contributed by atoms with Gasteiger partial charge in [-0.2, -0.15) is 0 Å². The Labute approximate surface area is 196 Å². The normalized spacial score (nSPS) is 14.4. The van der Waals surface area contributed by atoms with Gasteiger partial charge in [0.1, 0.15) is 5.75 Å². The molecule has 1 nitrogen and oxygen atoms in total. The van der Waals surface area contributed by atoms with Crippen molar-refractivity contribution in [2.24, 2.45) is 10.8 Å². The zero-order valence-electron chi connectivity index (χ0n) is 20.9. The molecule has 30 heavy (non-hydrogen) atoms. The van der Waals surface area contributed by atoms with Gasteiger partial charge in [-0.05, 0) is 37.0 Å². The van der Waals surface area contributed by atoms with E-state index in [2.05, 4.69) is 86.7 Å². The van der Waals surface area contributed by atoms with E-state index in [1.54, 1.807) is 9.45 Å². The van der Waals surface area contributed by atoms with Crippen molar-refractivity contribution in [3.8, 4) is 5.75 Å². The van der Waals surface area contributed by atoms with Crippen molar-refractivity contribution in [2.45, 2.75) is 74.9 Å². The van der Waals surface area contributed by atoms with Crippen molar-refractivity contribution in [1.29, 1.82) is 0 Å². The summed E-state index contributed by atoms with van der Waals surface area (Å²) in [6, 6.07) is 9.84. The summed E-state index contributed by atoms with van der Waals surface area (Å²) in [5, 5.41) is 0. The first-order valence-corrected chi connectivity index (χ1v) is 17.4. The monoisotopic (exact) mass is 458 g/mol. The Kier molecular flexibility index (Phi) is 10.8. The Morgan fingerprint density at radius 2 is 1.60 bits per heavy atom. The minimum absolute atomic E-state index is 0.0893. The van der Waals surface area contributed by atoms with Crippen LogP contribution in [0.1, 0.15) is 61.8 Å². The van der Waals surface area contributed by atoms with E-state index >= 15 is 0 Å². The van der Waals surface area contributed by atoms with Crippen molar-refractivity contribution in [2.75, 3.05) is 0 Å². The fourth-order valence-corrected chi connectivity index (χ4v) is 8.65. The number of para-hydroxylation sites is 1. The van der Waals surface area contributed by atoms with Crippen LogP contribution < -0.4 is 4.74 Å². The zero-order valence-corrected chi connectivity index (χ0v) is 23.6. The molecule has 1 aliphatic carbocycles. The molecule has 1 aliphatic rings. The predicted molar refractivity (Wildman–Crippen MR) is 133 cm³/mol. The van der Waals surface area contributed by atoms with E-state index in [0.29, 0.717) is 23.8 Å². The van der Waals surface area contributed by atoms with E-state index in [1.807, 2.05) is 36.6 Å². The molecule has 1 aromatic rings. The van der Waals surface area contributed by atoms with Gasteiger partial charge in [0.2, 0.25) is 0 Å². The molecular weight excluding hydrogens is 416 g/mol. The predicted octanol–water partition coefficient (Wildman–Crippen LogP) is 8.27. The number of hydrogen-bond donors (Lipinski definition) is 0. The maximum absolute atomic E-state index is 5.69. The van der Waals surface area contributed by atoms with Crippen molar-refractivity contribution in [3.63, 3.8) is 0 Å². The summed E-state index contributed by atoms with van der Waals surface area (Å²) >= 11 is 0.302. The number of allylic oxidation sites excluding steroid dienone is 7. The van der Waals surface area contributed by atoms with Crippen LogP contribution in [0.2, 0.25) is 13.1 Å². The van der Waals surface area contributed by atoms with Gasteiger partial charge in [-0.3, -0.25) is 0 Å². The number of ether oxygens (including phenoxy) is 1. The van der Waals surface area contributed by atoms with Crippen LogP contribution in [-0.2, 0) is 18.4 Å². The topological polar surface area (TPSA) is 9.23 Å². The molecule has 0 atom stereocenters. The Morgan fingerprint density at radius 1 is 1.00 bits per heavy atom. The number of rotatable bonds is 5. The van der Waals surface area contributed by atoms with Crippen LogP contribution in [0, 0.1) is 10.8 Å². The standard InChI is InChI=1S/C16H22O.C9H13.C2H7Si.Ti/c1-13(2)11-14(16(3,4)5)12-17-15-9-7-6-8-10-15;1-9(2,3)8-6-4-5-7-8;1-3-2;/h6-12H,1-5H3;6-7H,4H2,1-3H3;3H,1-2H3;.